The maximum absolute atomic E-state index is 13.6. The molecular weight excluding hydrogens is 231 g/mol. The third kappa shape index (κ3) is 2.28. The van der Waals surface area contributed by atoms with Crippen LogP contribution in [0, 0.1) is 11.7 Å². The second-order valence-corrected chi connectivity index (χ2v) is 4.67. The Bertz CT molecular complexity index is 388. The van der Waals surface area contributed by atoms with Crippen LogP contribution >= 0.6 is 11.6 Å². The number of pyridine rings is 1. The molecule has 1 N–H and O–H groups in total. The lowest BCUT2D eigenvalue weighted by molar-refractivity contribution is 0.102. The topological polar surface area (TPSA) is 36.4 Å². The van der Waals surface area contributed by atoms with Gasteiger partial charge < -0.3 is 10.0 Å². The minimum atomic E-state index is -0.436. The number of hydrogen-bond donors (Lipinski definition) is 1. The molecule has 1 saturated heterocycles. The molecule has 1 aromatic heterocycles. The van der Waals surface area contributed by atoms with Crippen molar-refractivity contribution in [3.8, 4) is 0 Å². The molecule has 0 radical (unpaired) electrons. The number of aliphatic hydroxyl groups excluding tert-OH is 1. The van der Waals surface area contributed by atoms with Gasteiger partial charge in [0, 0.05) is 19.3 Å². The predicted molar refractivity (Wildman–Crippen MR) is 61.2 cm³/mol. The molecule has 0 spiro atoms. The second-order valence-electron chi connectivity index (χ2n) is 4.24. The Balaban J connectivity index is 2.18. The summed E-state index contributed by atoms with van der Waals surface area (Å²) in [5, 5.41) is 10.0. The summed E-state index contributed by atoms with van der Waals surface area (Å²) in [6.45, 7) is 3.13. The van der Waals surface area contributed by atoms with Crippen molar-refractivity contribution in [3.05, 3.63) is 23.1 Å². The van der Waals surface area contributed by atoms with Gasteiger partial charge in [-0.3, -0.25) is 0 Å². The number of halogens is 2. The first kappa shape index (κ1) is 11.6. The fourth-order valence-corrected chi connectivity index (χ4v) is 2.03. The van der Waals surface area contributed by atoms with E-state index in [1.165, 1.54) is 12.3 Å². The van der Waals surface area contributed by atoms with E-state index in [1.54, 1.807) is 4.90 Å². The summed E-state index contributed by atoms with van der Waals surface area (Å²) < 4.78 is 13.6. The minimum absolute atomic E-state index is 0.256. The van der Waals surface area contributed by atoms with E-state index in [9.17, 15) is 9.50 Å². The van der Waals surface area contributed by atoms with Crippen LogP contribution in [-0.4, -0.2) is 29.3 Å². The van der Waals surface area contributed by atoms with Gasteiger partial charge in [-0.15, -0.1) is 0 Å². The van der Waals surface area contributed by atoms with Crippen molar-refractivity contribution in [3.63, 3.8) is 0 Å². The molecule has 2 unspecified atom stereocenters. The first-order valence-electron chi connectivity index (χ1n) is 5.32. The number of β-amino-alcohol motifs (C(OH)–C–C–N with tert-alkyl or cyclic N) is 1. The Morgan fingerprint density at radius 2 is 2.38 bits per heavy atom. The van der Waals surface area contributed by atoms with Gasteiger partial charge in [0.15, 0.2) is 11.6 Å². The Morgan fingerprint density at radius 3 is 3.00 bits per heavy atom. The van der Waals surface area contributed by atoms with Crippen LogP contribution < -0.4 is 4.90 Å². The molecule has 1 aliphatic heterocycles. The smallest absolute Gasteiger partial charge is 0.167 e. The molecule has 1 fully saturated rings. The fraction of sp³-hybridized carbons (Fsp3) is 0.545. The number of aliphatic hydroxyl groups is 1. The Labute approximate surface area is 98.9 Å². The third-order valence-electron chi connectivity index (χ3n) is 3.01. The molecular formula is C11H14ClFN2O. The van der Waals surface area contributed by atoms with Crippen molar-refractivity contribution in [2.45, 2.75) is 19.4 Å². The van der Waals surface area contributed by atoms with Gasteiger partial charge in [0.05, 0.1) is 11.1 Å². The van der Waals surface area contributed by atoms with Gasteiger partial charge in [-0.25, -0.2) is 9.37 Å². The second kappa shape index (κ2) is 4.55. The molecule has 16 heavy (non-hydrogen) atoms. The average molecular weight is 245 g/mol. The standard InChI is InChI=1S/C11H14ClFN2O/c1-7-2-3-15(6-10(7)16)11-9(13)4-8(12)5-14-11/h4-5,7,10,16H,2-3,6H2,1H3. The van der Waals surface area contributed by atoms with Crippen molar-refractivity contribution in [2.24, 2.45) is 5.92 Å². The highest BCUT2D eigenvalue weighted by molar-refractivity contribution is 6.30. The normalized spacial score (nSPS) is 25.9. The monoisotopic (exact) mass is 244 g/mol. The third-order valence-corrected chi connectivity index (χ3v) is 3.21. The van der Waals surface area contributed by atoms with E-state index < -0.39 is 11.9 Å². The summed E-state index contributed by atoms with van der Waals surface area (Å²) in [5.74, 6) is 0.0937. The largest absolute Gasteiger partial charge is 0.391 e. The molecule has 88 valence electrons. The molecule has 1 aromatic rings. The van der Waals surface area contributed by atoms with E-state index in [0.29, 0.717) is 13.1 Å². The van der Waals surface area contributed by atoms with Crippen molar-refractivity contribution in [2.75, 3.05) is 18.0 Å². The highest BCUT2D eigenvalue weighted by atomic mass is 35.5. The van der Waals surface area contributed by atoms with Gasteiger partial charge in [0.1, 0.15) is 0 Å². The van der Waals surface area contributed by atoms with Crippen LogP contribution in [0.1, 0.15) is 13.3 Å². The summed E-state index contributed by atoms with van der Waals surface area (Å²) in [5.41, 5.74) is 0. The fourth-order valence-electron chi connectivity index (χ4n) is 1.88. The van der Waals surface area contributed by atoms with Gasteiger partial charge in [-0.05, 0) is 18.4 Å². The van der Waals surface area contributed by atoms with E-state index in [2.05, 4.69) is 4.98 Å². The van der Waals surface area contributed by atoms with Crippen LogP contribution in [0.4, 0.5) is 10.2 Å². The Kier molecular flexibility index (Phi) is 3.30. The van der Waals surface area contributed by atoms with Crippen LogP contribution in [0.2, 0.25) is 5.02 Å². The average Bonchev–Trinajstić information content (AvgIpc) is 2.22. The van der Waals surface area contributed by atoms with Gasteiger partial charge in [0.25, 0.3) is 0 Å². The molecule has 2 rings (SSSR count). The zero-order chi connectivity index (χ0) is 11.7. The van der Waals surface area contributed by atoms with Crippen LogP contribution in [0.15, 0.2) is 12.3 Å². The number of hydrogen-bond acceptors (Lipinski definition) is 3. The first-order chi connectivity index (χ1) is 7.58. The van der Waals surface area contributed by atoms with E-state index in [0.717, 1.165) is 6.42 Å². The molecule has 3 nitrogen and oxygen atoms in total. The molecule has 0 saturated carbocycles. The number of rotatable bonds is 1. The van der Waals surface area contributed by atoms with Gasteiger partial charge in [-0.1, -0.05) is 18.5 Å². The van der Waals surface area contributed by atoms with E-state index in [4.69, 9.17) is 11.6 Å². The Hall–Kier alpha value is -0.870. The number of nitrogens with zero attached hydrogens (tertiary/aromatic N) is 2. The van der Waals surface area contributed by atoms with Crippen LogP contribution in [0.3, 0.4) is 0 Å². The lowest BCUT2D eigenvalue weighted by atomic mass is 9.96. The van der Waals surface area contributed by atoms with Crippen LogP contribution in [0.5, 0.6) is 0 Å². The molecule has 5 heteroatoms. The van der Waals surface area contributed by atoms with Crippen LogP contribution in [0.25, 0.3) is 0 Å². The summed E-state index contributed by atoms with van der Waals surface area (Å²) in [7, 11) is 0. The first-order valence-corrected chi connectivity index (χ1v) is 5.70. The summed E-state index contributed by atoms with van der Waals surface area (Å²) in [6.07, 6.45) is 1.83. The highest BCUT2D eigenvalue weighted by Crippen LogP contribution is 2.25. The number of aromatic nitrogens is 1. The van der Waals surface area contributed by atoms with Gasteiger partial charge in [0.2, 0.25) is 0 Å². The lowest BCUT2D eigenvalue weighted by Crippen LogP contribution is -2.43. The zero-order valence-corrected chi connectivity index (χ0v) is 9.78. The van der Waals surface area contributed by atoms with Crippen molar-refractivity contribution < 1.29 is 9.50 Å². The zero-order valence-electron chi connectivity index (χ0n) is 9.03. The quantitative estimate of drug-likeness (QED) is 0.822. The summed E-state index contributed by atoms with van der Waals surface area (Å²) in [6, 6.07) is 1.24. The molecule has 0 aromatic carbocycles. The minimum Gasteiger partial charge on any atom is -0.391 e. The molecule has 2 atom stereocenters. The van der Waals surface area contributed by atoms with Crippen LogP contribution in [-0.2, 0) is 0 Å². The highest BCUT2D eigenvalue weighted by Gasteiger charge is 2.26. The lowest BCUT2D eigenvalue weighted by Gasteiger charge is -2.35. The molecule has 0 bridgehead atoms. The molecule has 0 aliphatic carbocycles. The molecule has 2 heterocycles. The van der Waals surface area contributed by atoms with Gasteiger partial charge >= 0.3 is 0 Å². The van der Waals surface area contributed by atoms with E-state index in [-0.39, 0.29) is 16.8 Å². The van der Waals surface area contributed by atoms with E-state index >= 15 is 0 Å². The summed E-state index contributed by atoms with van der Waals surface area (Å²) >= 11 is 5.64. The Morgan fingerprint density at radius 1 is 1.62 bits per heavy atom. The molecule has 0 amide bonds. The number of piperidine rings is 1. The van der Waals surface area contributed by atoms with Crippen molar-refractivity contribution >= 4 is 17.4 Å². The van der Waals surface area contributed by atoms with Crippen molar-refractivity contribution in [1.29, 1.82) is 0 Å². The predicted octanol–water partition coefficient (Wildman–Crippen LogP) is 2.08. The van der Waals surface area contributed by atoms with Crippen molar-refractivity contribution in [1.82, 2.24) is 4.98 Å². The number of anilines is 1. The van der Waals surface area contributed by atoms with E-state index in [1.807, 2.05) is 6.92 Å². The summed E-state index contributed by atoms with van der Waals surface area (Å²) in [4.78, 5) is 5.73. The maximum Gasteiger partial charge on any atom is 0.167 e. The SMILES string of the molecule is CC1CCN(c2ncc(Cl)cc2F)CC1O. The maximum atomic E-state index is 13.6. The molecule has 1 aliphatic rings. The van der Waals surface area contributed by atoms with Gasteiger partial charge in [-0.2, -0.15) is 0 Å².